The molecule has 1 aliphatic heterocycles. The van der Waals surface area contributed by atoms with Gasteiger partial charge in [0.25, 0.3) is 0 Å². The number of hydrogen-bond acceptors (Lipinski definition) is 7. The van der Waals surface area contributed by atoms with E-state index in [-0.39, 0.29) is 23.5 Å². The Morgan fingerprint density at radius 3 is 2.61 bits per heavy atom. The zero-order chi connectivity index (χ0) is 25.0. The van der Waals surface area contributed by atoms with Crippen molar-refractivity contribution in [3.63, 3.8) is 0 Å². The topological polar surface area (TPSA) is 81.9 Å². The van der Waals surface area contributed by atoms with Crippen LogP contribution >= 0.6 is 0 Å². The number of morpholine rings is 1. The average molecular weight is 492 g/mol. The van der Waals surface area contributed by atoms with Gasteiger partial charge in [0.2, 0.25) is 5.95 Å². The summed E-state index contributed by atoms with van der Waals surface area (Å²) >= 11 is 0. The number of fused-ring (bicyclic) bond motifs is 1. The molecule has 4 heterocycles. The van der Waals surface area contributed by atoms with Crippen molar-refractivity contribution in [3.05, 3.63) is 59.2 Å². The summed E-state index contributed by atoms with van der Waals surface area (Å²) in [6, 6.07) is 3.45. The number of aromatic nitrogens is 6. The molecule has 1 aromatic carbocycles. The maximum Gasteiger partial charge on any atom is 0.228 e. The van der Waals surface area contributed by atoms with E-state index in [1.165, 1.54) is 25.0 Å². The van der Waals surface area contributed by atoms with Crippen LogP contribution in [-0.4, -0.2) is 48.9 Å². The lowest BCUT2D eigenvalue weighted by Gasteiger charge is -2.36. The summed E-state index contributed by atoms with van der Waals surface area (Å²) in [7, 11) is 0. The molecule has 2 unspecified atom stereocenters. The number of nitrogens with zero attached hydrogens (tertiary/aromatic N) is 7. The predicted octanol–water partition coefficient (Wildman–Crippen LogP) is 4.55. The van der Waals surface area contributed by atoms with Crippen LogP contribution in [-0.2, 0) is 11.3 Å². The Labute approximate surface area is 207 Å². The van der Waals surface area contributed by atoms with Crippen molar-refractivity contribution >= 4 is 17.1 Å². The van der Waals surface area contributed by atoms with Crippen molar-refractivity contribution < 1.29 is 13.5 Å². The molecule has 0 bridgehead atoms. The average Bonchev–Trinajstić information content (AvgIpc) is 3.53. The Balaban J connectivity index is 1.40. The number of hydrogen-bond donors (Lipinski definition) is 0. The second-order valence-electron chi connectivity index (χ2n) is 9.84. The molecule has 3 aromatic heterocycles. The van der Waals surface area contributed by atoms with Crippen molar-refractivity contribution in [2.45, 2.75) is 52.4 Å². The van der Waals surface area contributed by atoms with Crippen molar-refractivity contribution in [1.29, 1.82) is 0 Å². The number of benzene rings is 1. The van der Waals surface area contributed by atoms with Gasteiger partial charge in [0, 0.05) is 36.5 Å². The molecule has 1 saturated carbocycles. The van der Waals surface area contributed by atoms with E-state index < -0.39 is 11.6 Å². The molecule has 0 amide bonds. The van der Waals surface area contributed by atoms with Crippen LogP contribution in [0.2, 0.25) is 0 Å². The van der Waals surface area contributed by atoms with Crippen molar-refractivity contribution in [2.75, 3.05) is 18.0 Å². The number of rotatable bonds is 5. The highest BCUT2D eigenvalue weighted by molar-refractivity contribution is 5.88. The second kappa shape index (κ2) is 8.85. The van der Waals surface area contributed by atoms with E-state index in [4.69, 9.17) is 14.7 Å². The SMILES string of the molecule is Cc1nc2nc(N3CC(C)OC(c4cnn(CC5CC5)c4)C3)nc(-c3ccc(F)cc3F)c2nc1C. The molecule has 0 N–H and O–H groups in total. The van der Waals surface area contributed by atoms with Gasteiger partial charge in [0.05, 0.1) is 30.2 Å². The predicted molar refractivity (Wildman–Crippen MR) is 130 cm³/mol. The smallest absolute Gasteiger partial charge is 0.228 e. The first-order chi connectivity index (χ1) is 17.3. The third-order valence-corrected chi connectivity index (χ3v) is 6.83. The minimum atomic E-state index is -0.711. The fourth-order valence-electron chi connectivity index (χ4n) is 4.62. The zero-order valence-corrected chi connectivity index (χ0v) is 20.4. The fraction of sp³-hybridized carbons (Fsp3) is 0.423. The van der Waals surface area contributed by atoms with E-state index >= 15 is 0 Å². The summed E-state index contributed by atoms with van der Waals surface area (Å²) in [6.45, 7) is 7.69. The molecule has 6 rings (SSSR count). The molecule has 1 aliphatic carbocycles. The third-order valence-electron chi connectivity index (χ3n) is 6.83. The maximum atomic E-state index is 14.9. The summed E-state index contributed by atoms with van der Waals surface area (Å²) < 4.78 is 36.8. The Hall–Kier alpha value is -3.53. The highest BCUT2D eigenvalue weighted by atomic mass is 19.1. The van der Waals surface area contributed by atoms with E-state index in [0.717, 1.165) is 29.8 Å². The second-order valence-corrected chi connectivity index (χ2v) is 9.84. The van der Waals surface area contributed by atoms with E-state index in [2.05, 4.69) is 21.3 Å². The van der Waals surface area contributed by atoms with Crippen LogP contribution < -0.4 is 4.90 Å². The van der Waals surface area contributed by atoms with E-state index in [1.54, 1.807) is 0 Å². The number of anilines is 1. The Bertz CT molecular complexity index is 1450. The van der Waals surface area contributed by atoms with Gasteiger partial charge in [0.15, 0.2) is 5.65 Å². The molecule has 0 radical (unpaired) electrons. The summed E-state index contributed by atoms with van der Waals surface area (Å²) in [5.74, 6) is -0.230. The van der Waals surface area contributed by atoms with Crippen molar-refractivity contribution in [3.8, 4) is 11.3 Å². The lowest BCUT2D eigenvalue weighted by atomic mass is 10.1. The Morgan fingerprint density at radius 1 is 1.03 bits per heavy atom. The monoisotopic (exact) mass is 491 g/mol. The van der Waals surface area contributed by atoms with Gasteiger partial charge >= 0.3 is 0 Å². The zero-order valence-electron chi connectivity index (χ0n) is 20.4. The van der Waals surface area contributed by atoms with Gasteiger partial charge in [-0.3, -0.25) is 4.68 Å². The lowest BCUT2D eigenvalue weighted by molar-refractivity contribution is -0.0178. The lowest BCUT2D eigenvalue weighted by Crippen LogP contribution is -2.43. The summed E-state index contributed by atoms with van der Waals surface area (Å²) in [4.78, 5) is 20.7. The van der Waals surface area contributed by atoms with Gasteiger partial charge in [-0.1, -0.05) is 0 Å². The van der Waals surface area contributed by atoms with Gasteiger partial charge in [0.1, 0.15) is 28.9 Å². The molecule has 36 heavy (non-hydrogen) atoms. The van der Waals surface area contributed by atoms with Crippen LogP contribution in [0.15, 0.2) is 30.6 Å². The van der Waals surface area contributed by atoms with Gasteiger partial charge in [-0.2, -0.15) is 10.1 Å². The Kier molecular flexibility index (Phi) is 5.63. The summed E-state index contributed by atoms with van der Waals surface area (Å²) in [5.41, 5.74) is 3.63. The molecule has 8 nitrogen and oxygen atoms in total. The quantitative estimate of drug-likeness (QED) is 0.405. The summed E-state index contributed by atoms with van der Waals surface area (Å²) in [5, 5.41) is 4.52. The van der Waals surface area contributed by atoms with Gasteiger partial charge in [-0.25, -0.2) is 23.7 Å². The van der Waals surface area contributed by atoms with Gasteiger partial charge < -0.3 is 9.64 Å². The van der Waals surface area contributed by atoms with E-state index in [0.29, 0.717) is 35.9 Å². The molecular weight excluding hydrogens is 464 g/mol. The van der Waals surface area contributed by atoms with Crippen LogP contribution in [0.1, 0.15) is 42.8 Å². The molecule has 1 saturated heterocycles. The molecule has 186 valence electrons. The molecule has 10 heteroatoms. The van der Waals surface area contributed by atoms with Gasteiger partial charge in [-0.05, 0) is 51.7 Å². The molecule has 4 aromatic rings. The number of ether oxygens (including phenoxy) is 1. The minimum Gasteiger partial charge on any atom is -0.367 e. The summed E-state index contributed by atoms with van der Waals surface area (Å²) in [6.07, 6.45) is 6.14. The molecule has 0 spiro atoms. The normalized spacial score (nSPS) is 20.3. The first kappa shape index (κ1) is 22.9. The third kappa shape index (κ3) is 4.41. The van der Waals surface area contributed by atoms with Crippen molar-refractivity contribution in [2.24, 2.45) is 5.92 Å². The minimum absolute atomic E-state index is 0.0910. The standard InChI is InChI=1S/C26H27F2N7O/c1-14-10-34(13-22(36-14)18-9-29-35(12-18)11-17-4-5-17)26-32-23(20-7-6-19(27)8-21(20)28)24-25(33-26)31-16(3)15(2)30-24/h6-9,12,14,17,22H,4-5,10-11,13H2,1-3H3. The fourth-order valence-corrected chi connectivity index (χ4v) is 4.62. The molecule has 2 atom stereocenters. The van der Waals surface area contributed by atoms with E-state index in [1.807, 2.05) is 36.5 Å². The molecular formula is C26H27F2N7O. The largest absolute Gasteiger partial charge is 0.367 e. The maximum absolute atomic E-state index is 14.9. The Morgan fingerprint density at radius 2 is 1.83 bits per heavy atom. The number of halogens is 2. The van der Waals surface area contributed by atoms with E-state index in [9.17, 15) is 8.78 Å². The first-order valence-electron chi connectivity index (χ1n) is 12.2. The number of aryl methyl sites for hydroxylation is 2. The van der Waals surface area contributed by atoms with Crippen LogP contribution in [0.4, 0.5) is 14.7 Å². The van der Waals surface area contributed by atoms with Crippen LogP contribution in [0.5, 0.6) is 0 Å². The highest BCUT2D eigenvalue weighted by Gasteiger charge is 2.31. The van der Waals surface area contributed by atoms with Crippen LogP contribution in [0, 0.1) is 31.4 Å². The van der Waals surface area contributed by atoms with Crippen LogP contribution in [0.25, 0.3) is 22.4 Å². The van der Waals surface area contributed by atoms with Crippen molar-refractivity contribution in [1.82, 2.24) is 29.7 Å². The van der Waals surface area contributed by atoms with Crippen LogP contribution in [0.3, 0.4) is 0 Å². The first-order valence-corrected chi connectivity index (χ1v) is 12.2. The highest BCUT2D eigenvalue weighted by Crippen LogP contribution is 2.33. The molecule has 2 aliphatic rings. The molecule has 2 fully saturated rings. The van der Waals surface area contributed by atoms with Gasteiger partial charge in [-0.15, -0.1) is 0 Å².